The topological polar surface area (TPSA) is 23.4 Å². The maximum atomic E-state index is 5.46. The zero-order valence-corrected chi connectivity index (χ0v) is 18.5. The quantitative estimate of drug-likeness (QED) is 0.310. The molecule has 4 rings (SSSR count). The Morgan fingerprint density at radius 3 is 1.69 bits per heavy atom. The molecule has 0 saturated heterocycles. The molecule has 0 aliphatic carbocycles. The smallest absolute Gasteiger partial charge is 0.129 e. The van der Waals surface area contributed by atoms with Crippen molar-refractivity contribution in [2.75, 3.05) is 14.2 Å². The molecule has 3 aromatic carbocycles. The van der Waals surface area contributed by atoms with E-state index in [1.165, 1.54) is 0 Å². The molecule has 1 aromatic heterocycles. The van der Waals surface area contributed by atoms with Gasteiger partial charge in [0.1, 0.15) is 19.6 Å². The van der Waals surface area contributed by atoms with Crippen molar-refractivity contribution >= 4 is 29.9 Å². The fourth-order valence-corrected chi connectivity index (χ4v) is 3.99. The van der Waals surface area contributed by atoms with Crippen molar-refractivity contribution in [2.24, 2.45) is 0 Å². The first-order valence-corrected chi connectivity index (χ1v) is 13.2. The van der Waals surface area contributed by atoms with E-state index in [1.807, 2.05) is 12.1 Å². The fourth-order valence-electron chi connectivity index (χ4n) is 3.47. The molecule has 0 unspecified atom stereocenters. The molecular formula is C25H25NO2Si. The van der Waals surface area contributed by atoms with Gasteiger partial charge in [-0.05, 0) is 60.7 Å². The third-order valence-corrected chi connectivity index (χ3v) is 5.76. The van der Waals surface area contributed by atoms with Crippen LogP contribution < -0.4 is 9.47 Å². The van der Waals surface area contributed by atoms with Gasteiger partial charge in [-0.2, -0.15) is 0 Å². The molecule has 0 amide bonds. The summed E-state index contributed by atoms with van der Waals surface area (Å²) in [6.45, 7) is 6.78. The highest BCUT2D eigenvalue weighted by Gasteiger charge is 2.14. The van der Waals surface area contributed by atoms with Crippen LogP contribution in [0.5, 0.6) is 11.5 Å². The molecule has 0 aliphatic heterocycles. The number of nitrogens with zero attached hydrogens (tertiary/aromatic N) is 1. The lowest BCUT2D eigenvalue weighted by atomic mass is 10.1. The third kappa shape index (κ3) is 3.74. The van der Waals surface area contributed by atoms with Crippen molar-refractivity contribution in [3.63, 3.8) is 0 Å². The van der Waals surface area contributed by atoms with Crippen molar-refractivity contribution in [3.8, 4) is 28.7 Å². The Morgan fingerprint density at radius 1 is 0.724 bits per heavy atom. The van der Waals surface area contributed by atoms with Crippen LogP contribution in [0, 0.1) is 11.5 Å². The van der Waals surface area contributed by atoms with Crippen LogP contribution in [0.3, 0.4) is 0 Å². The van der Waals surface area contributed by atoms with Gasteiger partial charge in [0.05, 0.1) is 25.3 Å². The molecule has 0 fully saturated rings. The summed E-state index contributed by atoms with van der Waals surface area (Å²) in [6.07, 6.45) is 0. The lowest BCUT2D eigenvalue weighted by Gasteiger charge is -2.09. The Labute approximate surface area is 172 Å². The van der Waals surface area contributed by atoms with Crippen LogP contribution in [0.25, 0.3) is 27.5 Å². The van der Waals surface area contributed by atoms with Crippen molar-refractivity contribution in [1.82, 2.24) is 4.57 Å². The van der Waals surface area contributed by atoms with Crippen molar-refractivity contribution in [1.29, 1.82) is 0 Å². The fraction of sp³-hybridized carbons (Fsp3) is 0.200. The average molecular weight is 400 g/mol. The largest absolute Gasteiger partial charge is 0.497 e. The van der Waals surface area contributed by atoms with Gasteiger partial charge in [-0.15, -0.1) is 5.54 Å². The highest BCUT2D eigenvalue weighted by atomic mass is 28.3. The zero-order chi connectivity index (χ0) is 20.6. The van der Waals surface area contributed by atoms with Crippen LogP contribution in [0.1, 0.15) is 5.56 Å². The Morgan fingerprint density at radius 2 is 1.24 bits per heavy atom. The first-order chi connectivity index (χ1) is 13.9. The maximum Gasteiger partial charge on any atom is 0.129 e. The van der Waals surface area contributed by atoms with Gasteiger partial charge in [0.25, 0.3) is 0 Å². The van der Waals surface area contributed by atoms with Gasteiger partial charge in [-0.25, -0.2) is 0 Å². The minimum absolute atomic E-state index is 0.844. The molecular weight excluding hydrogens is 374 g/mol. The van der Waals surface area contributed by atoms with E-state index in [2.05, 4.69) is 84.2 Å². The summed E-state index contributed by atoms with van der Waals surface area (Å²) in [4.78, 5) is 0. The number of aromatic nitrogens is 1. The van der Waals surface area contributed by atoms with Gasteiger partial charge in [-0.1, -0.05) is 25.6 Å². The van der Waals surface area contributed by atoms with Gasteiger partial charge in [0, 0.05) is 22.0 Å². The number of hydrogen-bond donors (Lipinski definition) is 0. The first-order valence-electron chi connectivity index (χ1n) is 9.69. The second-order valence-electron chi connectivity index (χ2n) is 8.15. The number of hydrogen-bond acceptors (Lipinski definition) is 2. The molecule has 29 heavy (non-hydrogen) atoms. The molecule has 0 bridgehead atoms. The zero-order valence-electron chi connectivity index (χ0n) is 17.5. The number of methoxy groups -OCH3 is 2. The molecule has 0 aliphatic rings. The van der Waals surface area contributed by atoms with Crippen LogP contribution in [0.15, 0.2) is 60.7 Å². The lowest BCUT2D eigenvalue weighted by Crippen LogP contribution is -2.16. The van der Waals surface area contributed by atoms with E-state index in [9.17, 15) is 0 Å². The van der Waals surface area contributed by atoms with E-state index in [4.69, 9.17) is 9.47 Å². The van der Waals surface area contributed by atoms with Crippen LogP contribution >= 0.6 is 0 Å². The molecule has 0 radical (unpaired) electrons. The molecule has 4 heteroatoms. The van der Waals surface area contributed by atoms with Crippen molar-refractivity contribution in [3.05, 3.63) is 66.2 Å². The van der Waals surface area contributed by atoms with Gasteiger partial charge < -0.3 is 14.0 Å². The minimum atomic E-state index is -1.39. The SMILES string of the molecule is COc1ccc2c(c1)c1cc(OC)ccc1n2-c1ccc(C#C[Si](C)(C)C)cc1. The summed E-state index contributed by atoms with van der Waals surface area (Å²) in [7, 11) is 2.00. The maximum absolute atomic E-state index is 5.46. The Hall–Kier alpha value is -3.16. The predicted octanol–water partition coefficient (Wildman–Crippen LogP) is 6.03. The van der Waals surface area contributed by atoms with E-state index in [-0.39, 0.29) is 0 Å². The molecule has 3 nitrogen and oxygen atoms in total. The van der Waals surface area contributed by atoms with E-state index < -0.39 is 8.07 Å². The summed E-state index contributed by atoms with van der Waals surface area (Å²) in [5.74, 6) is 5.02. The normalized spacial score (nSPS) is 11.3. The second kappa shape index (κ2) is 7.34. The Bertz CT molecular complexity index is 1190. The van der Waals surface area contributed by atoms with E-state index >= 15 is 0 Å². The molecule has 1 heterocycles. The van der Waals surface area contributed by atoms with Crippen molar-refractivity contribution < 1.29 is 9.47 Å². The monoisotopic (exact) mass is 399 g/mol. The minimum Gasteiger partial charge on any atom is -0.497 e. The average Bonchev–Trinajstić information content (AvgIpc) is 3.04. The van der Waals surface area contributed by atoms with E-state index in [0.29, 0.717) is 0 Å². The summed E-state index contributed by atoms with van der Waals surface area (Å²) >= 11 is 0. The summed E-state index contributed by atoms with van der Waals surface area (Å²) in [5.41, 5.74) is 7.87. The standard InChI is InChI=1S/C25H25NO2Si/c1-27-20-10-12-24-22(16-20)23-17-21(28-2)11-13-25(23)26(24)19-8-6-18(7-9-19)14-15-29(3,4)5/h6-13,16-17H,1-5H3. The van der Waals surface area contributed by atoms with Gasteiger partial charge in [0.2, 0.25) is 0 Å². The van der Waals surface area contributed by atoms with Crippen LogP contribution in [0.2, 0.25) is 19.6 Å². The molecule has 0 N–H and O–H groups in total. The number of ether oxygens (including phenoxy) is 2. The highest BCUT2D eigenvalue weighted by molar-refractivity contribution is 6.83. The first kappa shape index (κ1) is 19.2. The summed E-state index contributed by atoms with van der Waals surface area (Å²) in [6, 6.07) is 20.9. The Balaban J connectivity index is 1.91. The van der Waals surface area contributed by atoms with E-state index in [1.54, 1.807) is 14.2 Å². The van der Waals surface area contributed by atoms with Crippen LogP contribution in [-0.4, -0.2) is 26.9 Å². The van der Waals surface area contributed by atoms with Crippen molar-refractivity contribution in [2.45, 2.75) is 19.6 Å². The number of rotatable bonds is 3. The highest BCUT2D eigenvalue weighted by Crippen LogP contribution is 2.36. The second-order valence-corrected chi connectivity index (χ2v) is 12.9. The third-order valence-electron chi connectivity index (χ3n) is 4.89. The van der Waals surface area contributed by atoms with Crippen LogP contribution in [0.4, 0.5) is 0 Å². The lowest BCUT2D eigenvalue weighted by molar-refractivity contribution is 0.415. The number of fused-ring (bicyclic) bond motifs is 3. The van der Waals surface area contributed by atoms with Crippen LogP contribution in [-0.2, 0) is 0 Å². The van der Waals surface area contributed by atoms with Gasteiger partial charge >= 0.3 is 0 Å². The molecule has 0 spiro atoms. The number of benzene rings is 3. The van der Waals surface area contributed by atoms with Gasteiger partial charge in [-0.3, -0.25) is 0 Å². The molecule has 4 aromatic rings. The predicted molar refractivity (Wildman–Crippen MR) is 124 cm³/mol. The molecule has 146 valence electrons. The summed E-state index contributed by atoms with van der Waals surface area (Å²) in [5, 5.41) is 2.28. The van der Waals surface area contributed by atoms with E-state index in [0.717, 1.165) is 44.6 Å². The Kier molecular flexibility index (Phi) is 4.85. The molecule has 0 saturated carbocycles. The summed E-state index contributed by atoms with van der Waals surface area (Å²) < 4.78 is 13.2. The molecule has 0 atom stereocenters. The van der Waals surface area contributed by atoms with Gasteiger partial charge in [0.15, 0.2) is 0 Å².